The van der Waals surface area contributed by atoms with Gasteiger partial charge >= 0.3 is 11.9 Å². The van der Waals surface area contributed by atoms with Crippen molar-refractivity contribution >= 4 is 11.4 Å². The molecule has 0 aliphatic heterocycles. The van der Waals surface area contributed by atoms with Crippen LogP contribution in [0.2, 0.25) is 0 Å². The number of ether oxygens (including phenoxy) is 1. The highest BCUT2D eigenvalue weighted by atomic mass is 19.4. The van der Waals surface area contributed by atoms with E-state index in [0.29, 0.717) is 0 Å². The fourth-order valence-electron chi connectivity index (χ4n) is 1.53. The summed E-state index contributed by atoms with van der Waals surface area (Å²) in [6.45, 7) is -0.00643. The molecule has 0 bridgehead atoms. The molecule has 0 atom stereocenters. The molecule has 1 N–H and O–H groups in total. The fourth-order valence-corrected chi connectivity index (χ4v) is 1.53. The van der Waals surface area contributed by atoms with E-state index in [2.05, 4.69) is 5.32 Å². The molecular weight excluding hydrogens is 265 g/mol. The Hall–Kier alpha value is -1.99. The summed E-state index contributed by atoms with van der Waals surface area (Å²) in [6.07, 6.45) is -5.31. The molecule has 0 unspecified atom stereocenters. The number of nitrogens with zero attached hydrogens (tertiary/aromatic N) is 1. The lowest BCUT2D eigenvalue weighted by molar-refractivity contribution is -0.384. The van der Waals surface area contributed by atoms with Gasteiger partial charge in [0.05, 0.1) is 12.0 Å². The topological polar surface area (TPSA) is 64.4 Å². The van der Waals surface area contributed by atoms with Gasteiger partial charge in [-0.05, 0) is 18.6 Å². The lowest BCUT2D eigenvalue weighted by Crippen LogP contribution is -2.11. The molecule has 19 heavy (non-hydrogen) atoms. The predicted octanol–water partition coefficient (Wildman–Crippen LogP) is 3.36. The summed E-state index contributed by atoms with van der Waals surface area (Å²) in [6, 6.07) is 4.37. The van der Waals surface area contributed by atoms with E-state index in [9.17, 15) is 23.3 Å². The molecule has 8 heteroatoms. The standard InChI is InChI=1S/C11H13F3N2O3/c1-19-9-5-2-4-8(10(9)16(17)18)15-7-3-6-11(12,13)14/h2,4-5,15H,3,6-7H2,1H3. The highest BCUT2D eigenvalue weighted by Crippen LogP contribution is 2.34. The predicted molar refractivity (Wildman–Crippen MR) is 63.4 cm³/mol. The molecule has 0 fully saturated rings. The zero-order valence-corrected chi connectivity index (χ0v) is 10.2. The quantitative estimate of drug-likeness (QED) is 0.492. The van der Waals surface area contributed by atoms with Crippen molar-refractivity contribution in [3.05, 3.63) is 28.3 Å². The molecule has 5 nitrogen and oxygen atoms in total. The van der Waals surface area contributed by atoms with Crippen molar-refractivity contribution in [2.45, 2.75) is 19.0 Å². The summed E-state index contributed by atoms with van der Waals surface area (Å²) in [7, 11) is 1.29. The Balaban J connectivity index is 2.70. The van der Waals surface area contributed by atoms with Crippen LogP contribution < -0.4 is 10.1 Å². The van der Waals surface area contributed by atoms with Gasteiger partial charge in [-0.3, -0.25) is 10.1 Å². The number of hydrogen-bond acceptors (Lipinski definition) is 4. The van der Waals surface area contributed by atoms with E-state index in [0.717, 1.165) is 0 Å². The minimum Gasteiger partial charge on any atom is -0.490 e. The molecular formula is C11H13F3N2O3. The Morgan fingerprint density at radius 1 is 1.42 bits per heavy atom. The van der Waals surface area contributed by atoms with Gasteiger partial charge in [-0.25, -0.2) is 0 Å². The SMILES string of the molecule is COc1cccc(NCCCC(F)(F)F)c1[N+](=O)[O-]. The number of halogens is 3. The molecule has 0 amide bonds. The highest BCUT2D eigenvalue weighted by Gasteiger charge is 2.26. The smallest absolute Gasteiger partial charge is 0.389 e. The second kappa shape index (κ2) is 6.26. The molecule has 106 valence electrons. The zero-order chi connectivity index (χ0) is 14.5. The highest BCUT2D eigenvalue weighted by molar-refractivity contribution is 5.68. The van der Waals surface area contributed by atoms with Gasteiger partial charge in [0.2, 0.25) is 0 Å². The normalized spacial score (nSPS) is 11.2. The molecule has 0 aliphatic rings. The summed E-state index contributed by atoms with van der Waals surface area (Å²) in [5, 5.41) is 13.5. The first-order valence-electron chi connectivity index (χ1n) is 5.47. The van der Waals surface area contributed by atoms with Crippen LogP contribution in [0.4, 0.5) is 24.5 Å². The van der Waals surface area contributed by atoms with Crippen molar-refractivity contribution < 1.29 is 22.8 Å². The van der Waals surface area contributed by atoms with Gasteiger partial charge in [0.25, 0.3) is 0 Å². The van der Waals surface area contributed by atoms with Gasteiger partial charge < -0.3 is 10.1 Å². The third-order valence-corrected chi connectivity index (χ3v) is 2.35. The number of nitro groups is 1. The van der Waals surface area contributed by atoms with E-state index < -0.39 is 17.5 Å². The number of benzene rings is 1. The molecule has 0 saturated carbocycles. The maximum atomic E-state index is 12.0. The molecule has 1 aromatic carbocycles. The summed E-state index contributed by atoms with van der Waals surface area (Å²) in [4.78, 5) is 10.3. The minimum absolute atomic E-state index is 0.00643. The third kappa shape index (κ3) is 4.65. The molecule has 1 rings (SSSR count). The van der Waals surface area contributed by atoms with Crippen LogP contribution in [0.5, 0.6) is 5.75 Å². The van der Waals surface area contributed by atoms with E-state index >= 15 is 0 Å². The van der Waals surface area contributed by atoms with E-state index in [1.54, 1.807) is 0 Å². The molecule has 0 heterocycles. The Labute approximate surface area is 107 Å². The second-order valence-corrected chi connectivity index (χ2v) is 3.76. The van der Waals surface area contributed by atoms with E-state index in [1.165, 1.54) is 25.3 Å². The van der Waals surface area contributed by atoms with Gasteiger partial charge in [-0.2, -0.15) is 13.2 Å². The number of methoxy groups -OCH3 is 1. The van der Waals surface area contributed by atoms with Gasteiger partial charge in [0, 0.05) is 13.0 Å². The Morgan fingerprint density at radius 3 is 2.63 bits per heavy atom. The Morgan fingerprint density at radius 2 is 2.11 bits per heavy atom. The summed E-state index contributed by atoms with van der Waals surface area (Å²) < 4.78 is 40.7. The number of nitrogens with one attached hydrogen (secondary N) is 1. The molecule has 0 aliphatic carbocycles. The van der Waals surface area contributed by atoms with Crippen LogP contribution >= 0.6 is 0 Å². The van der Waals surface area contributed by atoms with Crippen molar-refractivity contribution in [2.24, 2.45) is 0 Å². The van der Waals surface area contributed by atoms with Gasteiger partial charge in [-0.1, -0.05) is 6.07 Å². The summed E-state index contributed by atoms with van der Waals surface area (Å²) >= 11 is 0. The van der Waals surface area contributed by atoms with Crippen LogP contribution in [0.3, 0.4) is 0 Å². The third-order valence-electron chi connectivity index (χ3n) is 2.35. The molecule has 0 radical (unpaired) electrons. The van der Waals surface area contributed by atoms with Crippen LogP contribution in [-0.2, 0) is 0 Å². The van der Waals surface area contributed by atoms with Crippen molar-refractivity contribution in [1.29, 1.82) is 0 Å². The first kappa shape index (κ1) is 15.1. The van der Waals surface area contributed by atoms with Crippen LogP contribution in [0.1, 0.15) is 12.8 Å². The van der Waals surface area contributed by atoms with E-state index in [1.807, 2.05) is 0 Å². The second-order valence-electron chi connectivity index (χ2n) is 3.76. The molecule has 0 aromatic heterocycles. The Bertz CT molecular complexity index is 449. The molecule has 0 spiro atoms. The lowest BCUT2D eigenvalue weighted by Gasteiger charge is -2.10. The van der Waals surface area contributed by atoms with Crippen LogP contribution in [0.25, 0.3) is 0 Å². The van der Waals surface area contributed by atoms with Gasteiger partial charge in [0.1, 0.15) is 5.69 Å². The van der Waals surface area contributed by atoms with Crippen molar-refractivity contribution in [3.63, 3.8) is 0 Å². The maximum Gasteiger partial charge on any atom is 0.389 e. The number of alkyl halides is 3. The lowest BCUT2D eigenvalue weighted by atomic mass is 10.2. The van der Waals surface area contributed by atoms with Crippen LogP contribution in [-0.4, -0.2) is 24.8 Å². The number of nitro benzene ring substituents is 1. The summed E-state index contributed by atoms with van der Waals surface area (Å²) in [5.74, 6) is 0.0609. The van der Waals surface area contributed by atoms with E-state index in [4.69, 9.17) is 4.74 Å². The summed E-state index contributed by atoms with van der Waals surface area (Å²) in [5.41, 5.74) is -0.136. The number of hydrogen-bond donors (Lipinski definition) is 1. The number of rotatable bonds is 6. The number of anilines is 1. The minimum atomic E-state index is -4.22. The Kier molecular flexibility index (Phi) is 4.96. The first-order valence-corrected chi connectivity index (χ1v) is 5.47. The number of para-hydroxylation sites is 1. The van der Waals surface area contributed by atoms with Crippen molar-refractivity contribution in [1.82, 2.24) is 0 Å². The van der Waals surface area contributed by atoms with Gasteiger partial charge in [0.15, 0.2) is 5.75 Å². The largest absolute Gasteiger partial charge is 0.490 e. The monoisotopic (exact) mass is 278 g/mol. The first-order chi connectivity index (χ1) is 8.85. The van der Waals surface area contributed by atoms with Crippen LogP contribution in [0, 0.1) is 10.1 Å². The average molecular weight is 278 g/mol. The molecule has 0 saturated heterocycles. The van der Waals surface area contributed by atoms with Crippen LogP contribution in [0.15, 0.2) is 18.2 Å². The van der Waals surface area contributed by atoms with Crippen molar-refractivity contribution in [3.8, 4) is 5.75 Å². The van der Waals surface area contributed by atoms with Crippen molar-refractivity contribution in [2.75, 3.05) is 19.0 Å². The zero-order valence-electron chi connectivity index (χ0n) is 10.2. The molecule has 1 aromatic rings. The fraction of sp³-hybridized carbons (Fsp3) is 0.455. The van der Waals surface area contributed by atoms with Gasteiger partial charge in [-0.15, -0.1) is 0 Å². The average Bonchev–Trinajstić information content (AvgIpc) is 2.32. The van der Waals surface area contributed by atoms with E-state index in [-0.39, 0.29) is 30.1 Å². The maximum absolute atomic E-state index is 12.0.